The van der Waals surface area contributed by atoms with Crippen molar-refractivity contribution in [2.24, 2.45) is 0 Å². The molecule has 1 atom stereocenters. The summed E-state index contributed by atoms with van der Waals surface area (Å²) in [5, 5.41) is 12.4. The standard InChI is InChI=1S/C25H25F3N2O3/c26-25(27,28)20-6-1-17(2-7-20)16-33-21-8-3-18(4-9-21)22-10-5-19-15-30(14-12-24(31)32)13-11-23(19)29-22/h1-10,22,29H,11-16H2,(H,31,32). The van der Waals surface area contributed by atoms with Crippen LogP contribution in [0.25, 0.3) is 0 Å². The summed E-state index contributed by atoms with van der Waals surface area (Å²) in [6.07, 6.45) is 0.862. The molecule has 2 aromatic rings. The number of halogens is 3. The third kappa shape index (κ3) is 5.96. The monoisotopic (exact) mass is 458 g/mol. The summed E-state index contributed by atoms with van der Waals surface area (Å²) in [6, 6.07) is 12.7. The lowest BCUT2D eigenvalue weighted by Crippen LogP contribution is -2.38. The molecule has 2 heterocycles. The van der Waals surface area contributed by atoms with E-state index in [1.165, 1.54) is 23.4 Å². The molecular weight excluding hydrogens is 433 g/mol. The summed E-state index contributed by atoms with van der Waals surface area (Å²) in [7, 11) is 0. The maximum atomic E-state index is 12.7. The highest BCUT2D eigenvalue weighted by atomic mass is 19.4. The van der Waals surface area contributed by atoms with E-state index < -0.39 is 17.7 Å². The van der Waals surface area contributed by atoms with Crippen molar-refractivity contribution >= 4 is 5.97 Å². The second-order valence-electron chi connectivity index (χ2n) is 8.21. The fourth-order valence-electron chi connectivity index (χ4n) is 3.98. The van der Waals surface area contributed by atoms with Crippen LogP contribution in [0.3, 0.4) is 0 Å². The Bertz CT molecular complexity index is 1040. The Hall–Kier alpha value is -3.26. The molecule has 0 spiro atoms. The number of nitrogens with zero attached hydrogens (tertiary/aromatic N) is 1. The van der Waals surface area contributed by atoms with E-state index in [4.69, 9.17) is 9.84 Å². The van der Waals surface area contributed by atoms with Gasteiger partial charge >= 0.3 is 12.1 Å². The van der Waals surface area contributed by atoms with Gasteiger partial charge in [-0.05, 0) is 41.0 Å². The summed E-state index contributed by atoms with van der Waals surface area (Å²) < 4.78 is 43.7. The van der Waals surface area contributed by atoms with Gasteiger partial charge in [-0.3, -0.25) is 9.69 Å². The van der Waals surface area contributed by atoms with Gasteiger partial charge in [0.15, 0.2) is 0 Å². The largest absolute Gasteiger partial charge is 0.489 e. The number of ether oxygens (including phenoxy) is 1. The molecule has 0 fully saturated rings. The quantitative estimate of drug-likeness (QED) is 0.617. The average molecular weight is 458 g/mol. The molecule has 0 amide bonds. The number of hydrogen-bond donors (Lipinski definition) is 2. The van der Waals surface area contributed by atoms with Crippen LogP contribution in [0.15, 0.2) is 72.0 Å². The van der Waals surface area contributed by atoms with Gasteiger partial charge in [-0.2, -0.15) is 13.2 Å². The lowest BCUT2D eigenvalue weighted by Gasteiger charge is -2.34. The molecule has 174 valence electrons. The van der Waals surface area contributed by atoms with E-state index in [0.717, 1.165) is 37.2 Å². The highest BCUT2D eigenvalue weighted by Crippen LogP contribution is 2.30. The van der Waals surface area contributed by atoms with Gasteiger partial charge in [0, 0.05) is 31.8 Å². The molecule has 2 aromatic carbocycles. The van der Waals surface area contributed by atoms with E-state index in [2.05, 4.69) is 22.4 Å². The maximum absolute atomic E-state index is 12.7. The van der Waals surface area contributed by atoms with Crippen LogP contribution in [0.1, 0.15) is 35.6 Å². The molecular formula is C25H25F3N2O3. The first-order valence-corrected chi connectivity index (χ1v) is 10.8. The smallest absolute Gasteiger partial charge is 0.416 e. The minimum absolute atomic E-state index is 0.0401. The number of carbonyl (C=O) groups is 1. The predicted molar refractivity (Wildman–Crippen MR) is 118 cm³/mol. The van der Waals surface area contributed by atoms with E-state index in [1.807, 2.05) is 24.3 Å². The van der Waals surface area contributed by atoms with Crippen molar-refractivity contribution in [2.45, 2.75) is 31.7 Å². The van der Waals surface area contributed by atoms with Gasteiger partial charge < -0.3 is 15.2 Å². The van der Waals surface area contributed by atoms with Gasteiger partial charge in [-0.1, -0.05) is 36.4 Å². The number of aliphatic carboxylic acids is 1. The Kier molecular flexibility index (Phi) is 6.74. The van der Waals surface area contributed by atoms with E-state index in [0.29, 0.717) is 17.9 Å². The van der Waals surface area contributed by atoms with Crippen LogP contribution < -0.4 is 10.1 Å². The van der Waals surface area contributed by atoms with Gasteiger partial charge in [-0.15, -0.1) is 0 Å². The van der Waals surface area contributed by atoms with Crippen LogP contribution in [0.2, 0.25) is 0 Å². The minimum Gasteiger partial charge on any atom is -0.489 e. The third-order valence-electron chi connectivity index (χ3n) is 5.85. The Morgan fingerprint density at radius 3 is 2.52 bits per heavy atom. The topological polar surface area (TPSA) is 61.8 Å². The molecule has 0 radical (unpaired) electrons. The van der Waals surface area contributed by atoms with Crippen molar-refractivity contribution in [3.05, 3.63) is 88.6 Å². The Balaban J connectivity index is 1.30. The van der Waals surface area contributed by atoms with Crippen molar-refractivity contribution in [2.75, 3.05) is 19.6 Å². The molecule has 4 rings (SSSR count). The number of benzene rings is 2. The highest BCUT2D eigenvalue weighted by Gasteiger charge is 2.30. The molecule has 33 heavy (non-hydrogen) atoms. The van der Waals surface area contributed by atoms with Gasteiger partial charge in [-0.25, -0.2) is 0 Å². The number of nitrogens with one attached hydrogen (secondary N) is 1. The summed E-state index contributed by atoms with van der Waals surface area (Å²) >= 11 is 0. The maximum Gasteiger partial charge on any atom is 0.416 e. The lowest BCUT2D eigenvalue weighted by molar-refractivity contribution is -0.138. The summed E-state index contributed by atoms with van der Waals surface area (Å²) in [5.74, 6) is -0.135. The van der Waals surface area contributed by atoms with Crippen LogP contribution >= 0.6 is 0 Å². The summed E-state index contributed by atoms with van der Waals surface area (Å²) in [4.78, 5) is 13.0. The van der Waals surface area contributed by atoms with Crippen molar-refractivity contribution in [3.63, 3.8) is 0 Å². The number of dihydropyridines is 1. The Morgan fingerprint density at radius 1 is 1.12 bits per heavy atom. The molecule has 2 aliphatic heterocycles. The molecule has 2 aliphatic rings. The fourth-order valence-corrected chi connectivity index (χ4v) is 3.98. The van der Waals surface area contributed by atoms with Crippen LogP contribution in [-0.4, -0.2) is 35.6 Å². The third-order valence-corrected chi connectivity index (χ3v) is 5.85. The molecule has 0 aromatic heterocycles. The van der Waals surface area contributed by atoms with Gasteiger partial charge in [0.1, 0.15) is 12.4 Å². The molecule has 0 bridgehead atoms. The van der Waals surface area contributed by atoms with Gasteiger partial charge in [0.25, 0.3) is 0 Å². The number of alkyl halides is 3. The number of carboxylic acid groups (broad SMARTS) is 1. The number of carboxylic acids is 1. The molecule has 0 saturated carbocycles. The van der Waals surface area contributed by atoms with E-state index in [9.17, 15) is 18.0 Å². The van der Waals surface area contributed by atoms with Crippen LogP contribution in [-0.2, 0) is 17.6 Å². The SMILES string of the molecule is O=C(O)CCN1CCC2=C(C=CC(c3ccc(OCc4ccc(C(F)(F)F)cc4)cc3)N2)C1. The lowest BCUT2D eigenvalue weighted by atomic mass is 9.96. The molecule has 8 heteroatoms. The van der Waals surface area contributed by atoms with Crippen LogP contribution in [0.5, 0.6) is 5.75 Å². The predicted octanol–water partition coefficient (Wildman–Crippen LogP) is 4.92. The minimum atomic E-state index is -4.34. The number of hydrogen-bond acceptors (Lipinski definition) is 4. The second kappa shape index (κ2) is 9.70. The first-order valence-electron chi connectivity index (χ1n) is 10.8. The summed E-state index contributed by atoms with van der Waals surface area (Å²) in [5.41, 5.74) is 3.45. The van der Waals surface area contributed by atoms with Gasteiger partial charge in [0.2, 0.25) is 0 Å². The summed E-state index contributed by atoms with van der Waals surface area (Å²) in [6.45, 7) is 2.32. The highest BCUT2D eigenvalue weighted by molar-refractivity contribution is 5.66. The van der Waals surface area contributed by atoms with E-state index >= 15 is 0 Å². The Labute approximate surface area is 190 Å². The van der Waals surface area contributed by atoms with Crippen molar-refractivity contribution in [1.29, 1.82) is 0 Å². The van der Waals surface area contributed by atoms with Crippen molar-refractivity contribution in [1.82, 2.24) is 10.2 Å². The normalized spacial score (nSPS) is 18.6. The molecule has 0 saturated heterocycles. The van der Waals surface area contributed by atoms with Crippen molar-refractivity contribution < 1.29 is 27.8 Å². The zero-order valence-electron chi connectivity index (χ0n) is 17.9. The molecule has 2 N–H and O–H groups in total. The van der Waals surface area contributed by atoms with Crippen molar-refractivity contribution in [3.8, 4) is 5.75 Å². The fraction of sp³-hybridized carbons (Fsp3) is 0.320. The second-order valence-corrected chi connectivity index (χ2v) is 8.21. The molecule has 1 unspecified atom stereocenters. The zero-order chi connectivity index (χ0) is 23.4. The molecule has 5 nitrogen and oxygen atoms in total. The molecule has 0 aliphatic carbocycles. The first kappa shape index (κ1) is 22.9. The van der Waals surface area contributed by atoms with Gasteiger partial charge in [0.05, 0.1) is 18.0 Å². The average Bonchev–Trinajstić information content (AvgIpc) is 2.81. The van der Waals surface area contributed by atoms with E-state index in [1.54, 1.807) is 0 Å². The Morgan fingerprint density at radius 2 is 1.85 bits per heavy atom. The van der Waals surface area contributed by atoms with E-state index in [-0.39, 0.29) is 19.1 Å². The van der Waals surface area contributed by atoms with Crippen LogP contribution in [0, 0.1) is 0 Å². The zero-order valence-corrected chi connectivity index (χ0v) is 17.9. The number of rotatable bonds is 7. The van der Waals surface area contributed by atoms with Crippen LogP contribution in [0.4, 0.5) is 13.2 Å². The first-order chi connectivity index (χ1) is 15.8.